The van der Waals surface area contributed by atoms with E-state index in [0.29, 0.717) is 42.1 Å². The lowest BCUT2D eigenvalue weighted by atomic mass is 10.2. The van der Waals surface area contributed by atoms with Crippen molar-refractivity contribution in [2.75, 3.05) is 27.4 Å². The number of hydrogen-bond acceptors (Lipinski definition) is 5. The van der Waals surface area contributed by atoms with E-state index in [2.05, 4.69) is 5.32 Å². The highest BCUT2D eigenvalue weighted by molar-refractivity contribution is 5.84. The molecule has 0 saturated carbocycles. The molecule has 0 fully saturated rings. The Kier molecular flexibility index (Phi) is 8.57. The van der Waals surface area contributed by atoms with Crippen molar-refractivity contribution < 1.29 is 23.8 Å². The van der Waals surface area contributed by atoms with Crippen molar-refractivity contribution in [3.63, 3.8) is 0 Å². The highest BCUT2D eigenvalue weighted by atomic mass is 16.5. The van der Waals surface area contributed by atoms with Crippen molar-refractivity contribution in [2.45, 2.75) is 32.6 Å². The Bertz CT molecular complexity index is 491. The van der Waals surface area contributed by atoms with Gasteiger partial charge in [-0.2, -0.15) is 0 Å². The zero-order valence-electron chi connectivity index (χ0n) is 14.0. The van der Waals surface area contributed by atoms with Gasteiger partial charge in [0.05, 0.1) is 26.4 Å². The normalized spacial score (nSPS) is 10.0. The van der Waals surface area contributed by atoms with Gasteiger partial charge in [0, 0.05) is 25.1 Å². The lowest BCUT2D eigenvalue weighted by Crippen LogP contribution is -2.23. The number of methoxy groups -OCH3 is 2. The fraction of sp³-hybridized carbons (Fsp3) is 0.529. The summed E-state index contributed by atoms with van der Waals surface area (Å²) in [5, 5.41) is 2.84. The SMILES string of the molecule is CCCNC(=O)CCCCOc1cc(OC)c(C=O)c(OC)c1. The molecule has 1 amide bonds. The van der Waals surface area contributed by atoms with Gasteiger partial charge in [-0.05, 0) is 19.3 Å². The second-order valence-corrected chi connectivity index (χ2v) is 5.01. The average Bonchev–Trinajstić information content (AvgIpc) is 2.58. The molecular weight excluding hydrogens is 298 g/mol. The van der Waals surface area contributed by atoms with Crippen molar-refractivity contribution in [1.82, 2.24) is 5.32 Å². The number of carbonyl (C=O) groups is 2. The standard InChI is InChI=1S/C17H25NO5/c1-4-8-18-17(20)7-5-6-9-23-13-10-15(21-2)14(12-19)16(11-13)22-3/h10-12H,4-9H2,1-3H3,(H,18,20). The van der Waals surface area contributed by atoms with Crippen molar-refractivity contribution in [1.29, 1.82) is 0 Å². The summed E-state index contributed by atoms with van der Waals surface area (Å²) in [7, 11) is 2.97. The average molecular weight is 323 g/mol. The van der Waals surface area contributed by atoms with Gasteiger partial charge in [-0.25, -0.2) is 0 Å². The van der Waals surface area contributed by atoms with E-state index in [-0.39, 0.29) is 5.91 Å². The first-order chi connectivity index (χ1) is 11.2. The number of nitrogens with one attached hydrogen (secondary N) is 1. The maximum Gasteiger partial charge on any atom is 0.219 e. The van der Waals surface area contributed by atoms with E-state index < -0.39 is 0 Å². The van der Waals surface area contributed by atoms with E-state index >= 15 is 0 Å². The predicted octanol–water partition coefficient (Wildman–Crippen LogP) is 2.59. The molecule has 1 N–H and O–H groups in total. The van der Waals surface area contributed by atoms with Crippen molar-refractivity contribution >= 4 is 12.2 Å². The largest absolute Gasteiger partial charge is 0.496 e. The molecule has 0 aliphatic heterocycles. The first kappa shape index (κ1) is 18.8. The van der Waals surface area contributed by atoms with Crippen LogP contribution < -0.4 is 19.5 Å². The molecule has 6 heteroatoms. The minimum absolute atomic E-state index is 0.0746. The molecule has 0 unspecified atom stereocenters. The second kappa shape index (κ2) is 10.5. The number of aldehydes is 1. The number of rotatable bonds is 11. The van der Waals surface area contributed by atoms with Crippen LogP contribution in [0.5, 0.6) is 17.2 Å². The third kappa shape index (κ3) is 6.18. The highest BCUT2D eigenvalue weighted by Gasteiger charge is 2.12. The van der Waals surface area contributed by atoms with Gasteiger partial charge in [0.2, 0.25) is 5.91 Å². The zero-order valence-corrected chi connectivity index (χ0v) is 14.0. The van der Waals surface area contributed by atoms with E-state index in [1.54, 1.807) is 12.1 Å². The minimum atomic E-state index is 0.0746. The van der Waals surface area contributed by atoms with Gasteiger partial charge in [0.15, 0.2) is 6.29 Å². The van der Waals surface area contributed by atoms with Crippen LogP contribution in [0.15, 0.2) is 12.1 Å². The van der Waals surface area contributed by atoms with Crippen LogP contribution >= 0.6 is 0 Å². The molecule has 0 aromatic heterocycles. The van der Waals surface area contributed by atoms with Gasteiger partial charge < -0.3 is 19.5 Å². The van der Waals surface area contributed by atoms with E-state index in [0.717, 1.165) is 25.8 Å². The summed E-state index contributed by atoms with van der Waals surface area (Å²) < 4.78 is 16.0. The molecule has 128 valence electrons. The van der Waals surface area contributed by atoms with Crippen LogP contribution in [-0.2, 0) is 4.79 Å². The Hall–Kier alpha value is -2.24. The molecule has 0 aliphatic carbocycles. The molecule has 0 saturated heterocycles. The molecule has 0 atom stereocenters. The third-order valence-electron chi connectivity index (χ3n) is 3.27. The fourth-order valence-corrected chi connectivity index (χ4v) is 2.04. The molecular formula is C17H25NO5. The molecule has 0 spiro atoms. The van der Waals surface area contributed by atoms with Crippen LogP contribution in [0.1, 0.15) is 43.0 Å². The summed E-state index contributed by atoms with van der Waals surface area (Å²) in [5.41, 5.74) is 0.356. The summed E-state index contributed by atoms with van der Waals surface area (Å²) in [6.07, 6.45) is 3.65. The van der Waals surface area contributed by atoms with Crippen molar-refractivity contribution in [3.05, 3.63) is 17.7 Å². The van der Waals surface area contributed by atoms with Gasteiger partial charge in [0.1, 0.15) is 17.2 Å². The summed E-state index contributed by atoms with van der Waals surface area (Å²) in [5.74, 6) is 1.46. The number of hydrogen-bond donors (Lipinski definition) is 1. The zero-order chi connectivity index (χ0) is 17.1. The molecule has 0 bridgehead atoms. The molecule has 1 aromatic rings. The van der Waals surface area contributed by atoms with Crippen LogP contribution in [0, 0.1) is 0 Å². The number of amides is 1. The monoisotopic (exact) mass is 323 g/mol. The number of ether oxygens (including phenoxy) is 3. The van der Waals surface area contributed by atoms with E-state index in [1.807, 2.05) is 6.92 Å². The Morgan fingerprint density at radius 2 is 1.83 bits per heavy atom. The predicted molar refractivity (Wildman–Crippen MR) is 87.6 cm³/mol. The topological polar surface area (TPSA) is 73.9 Å². The molecule has 6 nitrogen and oxygen atoms in total. The maximum atomic E-state index is 11.5. The summed E-state index contributed by atoms with van der Waals surface area (Å²) in [6, 6.07) is 3.31. The smallest absolute Gasteiger partial charge is 0.219 e. The first-order valence-electron chi connectivity index (χ1n) is 7.76. The van der Waals surface area contributed by atoms with Gasteiger partial charge in [0.25, 0.3) is 0 Å². The summed E-state index contributed by atoms with van der Waals surface area (Å²) >= 11 is 0. The van der Waals surface area contributed by atoms with Crippen molar-refractivity contribution in [2.24, 2.45) is 0 Å². The van der Waals surface area contributed by atoms with Gasteiger partial charge in [-0.1, -0.05) is 6.92 Å². The quantitative estimate of drug-likeness (QED) is 0.500. The third-order valence-corrected chi connectivity index (χ3v) is 3.27. The van der Waals surface area contributed by atoms with Gasteiger partial charge in [-0.3, -0.25) is 9.59 Å². The van der Waals surface area contributed by atoms with Crippen LogP contribution in [0.2, 0.25) is 0 Å². The molecule has 0 radical (unpaired) electrons. The van der Waals surface area contributed by atoms with Gasteiger partial charge >= 0.3 is 0 Å². The van der Waals surface area contributed by atoms with Crippen molar-refractivity contribution in [3.8, 4) is 17.2 Å². The molecule has 0 aliphatic rings. The molecule has 0 heterocycles. The Morgan fingerprint density at radius 3 is 2.35 bits per heavy atom. The Balaban J connectivity index is 2.46. The lowest BCUT2D eigenvalue weighted by molar-refractivity contribution is -0.121. The summed E-state index contributed by atoms with van der Waals surface area (Å²) in [4.78, 5) is 22.5. The Morgan fingerprint density at radius 1 is 1.17 bits per heavy atom. The van der Waals surface area contributed by atoms with E-state index in [9.17, 15) is 9.59 Å². The van der Waals surface area contributed by atoms with Crippen LogP contribution in [0.3, 0.4) is 0 Å². The number of carbonyl (C=O) groups excluding carboxylic acids is 2. The first-order valence-corrected chi connectivity index (χ1v) is 7.76. The van der Waals surface area contributed by atoms with Crippen LogP contribution in [-0.4, -0.2) is 39.6 Å². The van der Waals surface area contributed by atoms with Crippen LogP contribution in [0.25, 0.3) is 0 Å². The second-order valence-electron chi connectivity index (χ2n) is 5.01. The summed E-state index contributed by atoms with van der Waals surface area (Å²) in [6.45, 7) is 3.22. The fourth-order valence-electron chi connectivity index (χ4n) is 2.04. The molecule has 23 heavy (non-hydrogen) atoms. The number of unbranched alkanes of at least 4 members (excludes halogenated alkanes) is 1. The number of benzene rings is 1. The lowest BCUT2D eigenvalue weighted by Gasteiger charge is -2.12. The minimum Gasteiger partial charge on any atom is -0.496 e. The van der Waals surface area contributed by atoms with E-state index in [1.165, 1.54) is 14.2 Å². The highest BCUT2D eigenvalue weighted by Crippen LogP contribution is 2.32. The van der Waals surface area contributed by atoms with E-state index in [4.69, 9.17) is 14.2 Å². The maximum absolute atomic E-state index is 11.5. The van der Waals surface area contributed by atoms with Gasteiger partial charge in [-0.15, -0.1) is 0 Å². The molecule has 1 aromatic carbocycles. The Labute approximate surface area is 137 Å². The molecule has 1 rings (SSSR count). The van der Waals surface area contributed by atoms with Crippen LogP contribution in [0.4, 0.5) is 0 Å².